The van der Waals surface area contributed by atoms with Gasteiger partial charge in [0.15, 0.2) is 0 Å². The van der Waals surface area contributed by atoms with Crippen LogP contribution in [0.1, 0.15) is 19.8 Å². The lowest BCUT2D eigenvalue weighted by Gasteiger charge is -2.14. The average Bonchev–Trinajstić information content (AvgIpc) is 2.02. The van der Waals surface area contributed by atoms with E-state index >= 15 is 0 Å². The molecule has 2 unspecified atom stereocenters. The summed E-state index contributed by atoms with van der Waals surface area (Å²) in [5, 5.41) is 10.9. The van der Waals surface area contributed by atoms with Gasteiger partial charge in [-0.05, 0) is 6.92 Å². The molecule has 0 aliphatic carbocycles. The third-order valence-electron chi connectivity index (χ3n) is 1.54. The molecule has 0 bridgehead atoms. The molecular weight excluding hydrogens is 184 g/mol. The molecule has 14 heavy (non-hydrogen) atoms. The van der Waals surface area contributed by atoms with Crippen LogP contribution in [0.4, 0.5) is 0 Å². The summed E-state index contributed by atoms with van der Waals surface area (Å²) in [5.41, 5.74) is 5.32. The fourth-order valence-corrected chi connectivity index (χ4v) is 0.859. The van der Waals surface area contributed by atoms with E-state index in [0.29, 0.717) is 6.42 Å². The van der Waals surface area contributed by atoms with Crippen molar-refractivity contribution in [1.29, 1.82) is 0 Å². The van der Waals surface area contributed by atoms with Crippen LogP contribution in [0, 0.1) is 12.3 Å². The molecule has 0 aliphatic heterocycles. The molecule has 0 aromatic carbocycles. The lowest BCUT2D eigenvalue weighted by atomic mass is 10.2. The molecule has 0 rings (SSSR count). The van der Waals surface area contributed by atoms with Crippen LogP contribution in [0.2, 0.25) is 0 Å². The van der Waals surface area contributed by atoms with Crippen molar-refractivity contribution >= 4 is 11.9 Å². The second kappa shape index (κ2) is 6.00. The second-order valence-electron chi connectivity index (χ2n) is 3.02. The summed E-state index contributed by atoms with van der Waals surface area (Å²) in [6.07, 6.45) is 5.05. The Morgan fingerprint density at radius 2 is 2.21 bits per heavy atom. The number of nitrogens with one attached hydrogen (secondary N) is 1. The summed E-state index contributed by atoms with van der Waals surface area (Å²) in [6.45, 7) is 1.73. The Morgan fingerprint density at radius 3 is 2.64 bits per heavy atom. The van der Waals surface area contributed by atoms with Crippen LogP contribution in [0.5, 0.6) is 0 Å². The molecule has 0 saturated heterocycles. The highest BCUT2D eigenvalue weighted by molar-refractivity contribution is 5.86. The molecule has 0 fully saturated rings. The highest BCUT2D eigenvalue weighted by atomic mass is 16.4. The summed E-state index contributed by atoms with van der Waals surface area (Å²) >= 11 is 0. The molecule has 0 saturated carbocycles. The van der Waals surface area contributed by atoms with Gasteiger partial charge in [0.05, 0.1) is 12.5 Å². The van der Waals surface area contributed by atoms with Crippen LogP contribution in [0.3, 0.4) is 0 Å². The number of nitrogens with two attached hydrogens (primary N) is 1. The first-order valence-electron chi connectivity index (χ1n) is 4.18. The molecule has 78 valence electrons. The van der Waals surface area contributed by atoms with Crippen molar-refractivity contribution in [2.45, 2.75) is 31.8 Å². The number of hydrogen-bond acceptors (Lipinski definition) is 3. The van der Waals surface area contributed by atoms with Crippen LogP contribution >= 0.6 is 0 Å². The Labute approximate surface area is 82.7 Å². The van der Waals surface area contributed by atoms with Gasteiger partial charge >= 0.3 is 5.97 Å². The molecule has 0 aromatic rings. The number of carbonyl (C=O) groups is 2. The zero-order valence-electron chi connectivity index (χ0n) is 7.99. The average molecular weight is 198 g/mol. The van der Waals surface area contributed by atoms with Gasteiger partial charge in [-0.1, -0.05) is 0 Å². The third kappa shape index (κ3) is 5.17. The van der Waals surface area contributed by atoms with Crippen molar-refractivity contribution < 1.29 is 14.7 Å². The molecular formula is C9H14N2O3. The van der Waals surface area contributed by atoms with E-state index in [1.807, 2.05) is 0 Å². The van der Waals surface area contributed by atoms with Gasteiger partial charge in [-0.15, -0.1) is 12.3 Å². The van der Waals surface area contributed by atoms with E-state index in [4.69, 9.17) is 17.3 Å². The summed E-state index contributed by atoms with van der Waals surface area (Å²) in [7, 11) is 0. The predicted octanol–water partition coefficient (Wildman–Crippen LogP) is -0.684. The van der Waals surface area contributed by atoms with Gasteiger partial charge in [0, 0.05) is 12.5 Å². The van der Waals surface area contributed by atoms with Gasteiger partial charge in [-0.2, -0.15) is 0 Å². The fourth-order valence-electron chi connectivity index (χ4n) is 0.859. The minimum atomic E-state index is -1.10. The monoisotopic (exact) mass is 198 g/mol. The van der Waals surface area contributed by atoms with Crippen LogP contribution in [0.25, 0.3) is 0 Å². The zero-order chi connectivity index (χ0) is 11.1. The number of terminal acetylenes is 1. The van der Waals surface area contributed by atoms with Crippen molar-refractivity contribution in [3.63, 3.8) is 0 Å². The highest BCUT2D eigenvalue weighted by Crippen LogP contribution is 1.92. The molecule has 5 heteroatoms. The number of hydrogen-bond donors (Lipinski definition) is 3. The molecule has 1 amide bonds. The molecule has 0 heterocycles. The van der Waals surface area contributed by atoms with Crippen molar-refractivity contribution in [3.8, 4) is 12.3 Å². The Bertz CT molecular complexity index is 257. The molecule has 4 N–H and O–H groups in total. The summed E-state index contributed by atoms with van der Waals surface area (Å²) in [4.78, 5) is 21.4. The first-order valence-corrected chi connectivity index (χ1v) is 4.18. The molecule has 0 spiro atoms. The normalized spacial score (nSPS) is 13.8. The van der Waals surface area contributed by atoms with Crippen LogP contribution in [0.15, 0.2) is 0 Å². The smallest absolute Gasteiger partial charge is 0.305 e. The van der Waals surface area contributed by atoms with E-state index < -0.39 is 17.9 Å². The second-order valence-corrected chi connectivity index (χ2v) is 3.02. The number of carbonyl (C=O) groups excluding carboxylic acids is 1. The van der Waals surface area contributed by atoms with Crippen LogP contribution < -0.4 is 11.1 Å². The zero-order valence-corrected chi connectivity index (χ0v) is 7.99. The Hall–Kier alpha value is -1.54. The number of carboxylic acids is 1. The van der Waals surface area contributed by atoms with Gasteiger partial charge in [0.2, 0.25) is 5.91 Å². The quantitative estimate of drug-likeness (QED) is 0.510. The highest BCUT2D eigenvalue weighted by Gasteiger charge is 2.17. The summed E-state index contributed by atoms with van der Waals surface area (Å²) in [6, 6.07) is -1.21. The number of rotatable bonds is 5. The largest absolute Gasteiger partial charge is 0.481 e. The van der Waals surface area contributed by atoms with Gasteiger partial charge in [0.25, 0.3) is 0 Å². The molecule has 2 atom stereocenters. The first kappa shape index (κ1) is 12.5. The van der Waals surface area contributed by atoms with Gasteiger partial charge in [0.1, 0.15) is 0 Å². The third-order valence-corrected chi connectivity index (χ3v) is 1.54. The lowest BCUT2D eigenvalue weighted by molar-refractivity contribution is -0.139. The SMILES string of the molecule is C#CCC(C)NC(=O)C(N)CC(=O)O. The molecule has 5 nitrogen and oxygen atoms in total. The summed E-state index contributed by atoms with van der Waals surface area (Å²) < 4.78 is 0. The van der Waals surface area contributed by atoms with Crippen molar-refractivity contribution in [1.82, 2.24) is 5.32 Å². The van der Waals surface area contributed by atoms with E-state index in [0.717, 1.165) is 0 Å². The summed E-state index contributed by atoms with van der Waals surface area (Å²) in [5.74, 6) is 0.790. The lowest BCUT2D eigenvalue weighted by Crippen LogP contribution is -2.45. The van der Waals surface area contributed by atoms with Crippen molar-refractivity contribution in [2.75, 3.05) is 0 Å². The number of amides is 1. The van der Waals surface area contributed by atoms with Crippen molar-refractivity contribution in [3.05, 3.63) is 0 Å². The molecule has 0 aromatic heterocycles. The fraction of sp³-hybridized carbons (Fsp3) is 0.556. The molecule has 0 radical (unpaired) electrons. The van der Waals surface area contributed by atoms with Gasteiger partial charge in [-0.3, -0.25) is 9.59 Å². The Morgan fingerprint density at radius 1 is 1.64 bits per heavy atom. The Balaban J connectivity index is 3.96. The minimum absolute atomic E-state index is 0.188. The number of aliphatic carboxylic acids is 1. The predicted molar refractivity (Wildman–Crippen MR) is 51.3 cm³/mol. The van der Waals surface area contributed by atoms with E-state index in [1.54, 1.807) is 6.92 Å². The van der Waals surface area contributed by atoms with E-state index in [9.17, 15) is 9.59 Å². The van der Waals surface area contributed by atoms with Gasteiger partial charge < -0.3 is 16.2 Å². The minimum Gasteiger partial charge on any atom is -0.481 e. The Kier molecular flexibility index (Phi) is 5.34. The van der Waals surface area contributed by atoms with E-state index in [-0.39, 0.29) is 12.5 Å². The topological polar surface area (TPSA) is 92.4 Å². The van der Waals surface area contributed by atoms with Gasteiger partial charge in [-0.25, -0.2) is 0 Å². The van der Waals surface area contributed by atoms with Crippen LogP contribution in [-0.2, 0) is 9.59 Å². The van der Waals surface area contributed by atoms with Crippen molar-refractivity contribution in [2.24, 2.45) is 5.73 Å². The molecule has 0 aliphatic rings. The maximum atomic E-state index is 11.2. The first-order chi connectivity index (χ1) is 6.47. The number of carboxylic acid groups (broad SMARTS) is 1. The van der Waals surface area contributed by atoms with E-state index in [1.165, 1.54) is 0 Å². The van der Waals surface area contributed by atoms with E-state index in [2.05, 4.69) is 11.2 Å². The van der Waals surface area contributed by atoms with Crippen LogP contribution in [-0.4, -0.2) is 29.1 Å². The maximum Gasteiger partial charge on any atom is 0.305 e. The maximum absolute atomic E-state index is 11.2. The standard InChI is InChI=1S/C9H14N2O3/c1-3-4-6(2)11-9(14)7(10)5-8(12)13/h1,6-7H,4-5,10H2,2H3,(H,11,14)(H,12,13).